The molecular formula is C26H34N4O3. The summed E-state index contributed by atoms with van der Waals surface area (Å²) in [6.45, 7) is 6.71. The SMILES string of the molecule is COc1cccc(C(=O)NC2C[C@H]3CC[C@@H](C2)N3c2ccc(C(=O)NCC(C)C)cn2)c1C. The maximum atomic E-state index is 13.0. The van der Waals surface area contributed by atoms with Gasteiger partial charge in [0.25, 0.3) is 11.8 Å². The number of hydrogen-bond acceptors (Lipinski definition) is 5. The van der Waals surface area contributed by atoms with Crippen LogP contribution in [-0.2, 0) is 0 Å². The first-order chi connectivity index (χ1) is 15.9. The van der Waals surface area contributed by atoms with Crippen molar-refractivity contribution in [1.29, 1.82) is 0 Å². The van der Waals surface area contributed by atoms with Gasteiger partial charge in [-0.2, -0.15) is 0 Å². The van der Waals surface area contributed by atoms with Crippen LogP contribution in [0.25, 0.3) is 0 Å². The number of anilines is 1. The minimum Gasteiger partial charge on any atom is -0.496 e. The molecule has 2 amide bonds. The van der Waals surface area contributed by atoms with E-state index in [2.05, 4.69) is 34.4 Å². The van der Waals surface area contributed by atoms with Gasteiger partial charge in [-0.1, -0.05) is 19.9 Å². The zero-order chi connectivity index (χ0) is 23.5. The third-order valence-electron chi connectivity index (χ3n) is 6.76. The van der Waals surface area contributed by atoms with Crippen LogP contribution in [0.2, 0.25) is 0 Å². The lowest BCUT2D eigenvalue weighted by Gasteiger charge is -2.40. The number of rotatable bonds is 7. The van der Waals surface area contributed by atoms with Crippen molar-refractivity contribution in [2.45, 2.75) is 64.6 Å². The molecule has 1 aromatic carbocycles. The van der Waals surface area contributed by atoms with Crippen molar-refractivity contribution in [3.63, 3.8) is 0 Å². The molecule has 0 aliphatic carbocycles. The molecule has 2 aromatic rings. The number of hydrogen-bond donors (Lipinski definition) is 2. The van der Waals surface area contributed by atoms with E-state index >= 15 is 0 Å². The van der Waals surface area contributed by atoms with Crippen molar-refractivity contribution in [2.75, 3.05) is 18.6 Å². The zero-order valence-corrected chi connectivity index (χ0v) is 19.9. The molecule has 4 rings (SSSR count). The molecule has 2 aliphatic heterocycles. The molecule has 33 heavy (non-hydrogen) atoms. The first-order valence-corrected chi connectivity index (χ1v) is 11.8. The first kappa shape index (κ1) is 23.1. The van der Waals surface area contributed by atoms with E-state index in [1.165, 1.54) is 0 Å². The van der Waals surface area contributed by atoms with Crippen LogP contribution in [0.4, 0.5) is 5.82 Å². The molecular weight excluding hydrogens is 416 g/mol. The molecule has 7 heteroatoms. The lowest BCUT2D eigenvalue weighted by Crippen LogP contribution is -2.50. The largest absolute Gasteiger partial charge is 0.496 e. The van der Waals surface area contributed by atoms with Crippen LogP contribution in [0.1, 0.15) is 65.8 Å². The van der Waals surface area contributed by atoms with Gasteiger partial charge in [0.1, 0.15) is 11.6 Å². The summed E-state index contributed by atoms with van der Waals surface area (Å²) in [7, 11) is 1.62. The lowest BCUT2D eigenvalue weighted by molar-refractivity contribution is 0.0923. The zero-order valence-electron chi connectivity index (χ0n) is 19.9. The summed E-state index contributed by atoms with van der Waals surface area (Å²) in [5, 5.41) is 6.19. The normalized spacial score (nSPS) is 21.7. The molecule has 176 valence electrons. The third-order valence-corrected chi connectivity index (χ3v) is 6.76. The van der Waals surface area contributed by atoms with E-state index in [1.54, 1.807) is 13.3 Å². The molecule has 2 fully saturated rings. The van der Waals surface area contributed by atoms with E-state index in [0.29, 0.717) is 35.7 Å². The molecule has 2 aliphatic rings. The quantitative estimate of drug-likeness (QED) is 0.672. The number of pyridine rings is 1. The Hall–Kier alpha value is -3.09. The Balaban J connectivity index is 1.39. The number of carbonyl (C=O) groups is 2. The van der Waals surface area contributed by atoms with Gasteiger partial charge in [-0.15, -0.1) is 0 Å². The summed E-state index contributed by atoms with van der Waals surface area (Å²) in [6, 6.07) is 10.2. The van der Waals surface area contributed by atoms with Gasteiger partial charge in [-0.25, -0.2) is 4.98 Å². The fraction of sp³-hybridized carbons (Fsp3) is 0.500. The van der Waals surface area contributed by atoms with E-state index in [4.69, 9.17) is 4.74 Å². The van der Waals surface area contributed by atoms with Crippen LogP contribution < -0.4 is 20.3 Å². The topological polar surface area (TPSA) is 83.6 Å². The predicted molar refractivity (Wildman–Crippen MR) is 129 cm³/mol. The number of amides is 2. The maximum absolute atomic E-state index is 13.0. The molecule has 2 saturated heterocycles. The third kappa shape index (κ3) is 4.97. The van der Waals surface area contributed by atoms with Crippen molar-refractivity contribution < 1.29 is 14.3 Å². The molecule has 3 atom stereocenters. The number of nitrogens with zero attached hydrogens (tertiary/aromatic N) is 2. The minimum absolute atomic E-state index is 0.0425. The van der Waals surface area contributed by atoms with Gasteiger partial charge in [0.05, 0.1) is 12.7 Å². The van der Waals surface area contributed by atoms with E-state index in [0.717, 1.165) is 42.8 Å². The Bertz CT molecular complexity index is 991. The molecule has 3 heterocycles. The van der Waals surface area contributed by atoms with E-state index < -0.39 is 0 Å². The van der Waals surface area contributed by atoms with Gasteiger partial charge in [-0.3, -0.25) is 9.59 Å². The Morgan fingerprint density at radius 3 is 2.45 bits per heavy atom. The van der Waals surface area contributed by atoms with Gasteiger partial charge in [0.2, 0.25) is 0 Å². The summed E-state index contributed by atoms with van der Waals surface area (Å²) in [6.07, 6.45) is 5.64. The van der Waals surface area contributed by atoms with Crippen LogP contribution in [0.15, 0.2) is 36.5 Å². The predicted octanol–water partition coefficient (Wildman–Crippen LogP) is 3.71. The average molecular weight is 451 g/mol. The molecule has 2 N–H and O–H groups in total. The summed E-state index contributed by atoms with van der Waals surface area (Å²) < 4.78 is 5.36. The number of fused-ring (bicyclic) bond motifs is 2. The number of carbonyl (C=O) groups excluding carboxylic acids is 2. The van der Waals surface area contributed by atoms with Crippen LogP contribution in [-0.4, -0.2) is 48.6 Å². The van der Waals surface area contributed by atoms with Crippen molar-refractivity contribution in [3.05, 3.63) is 53.2 Å². The Labute approximate surface area is 195 Å². The second-order valence-electron chi connectivity index (χ2n) is 9.58. The molecule has 1 aromatic heterocycles. The average Bonchev–Trinajstić information content (AvgIpc) is 3.07. The van der Waals surface area contributed by atoms with Gasteiger partial charge >= 0.3 is 0 Å². The van der Waals surface area contributed by atoms with E-state index in [9.17, 15) is 9.59 Å². The maximum Gasteiger partial charge on any atom is 0.252 e. The number of methoxy groups -OCH3 is 1. The van der Waals surface area contributed by atoms with Crippen molar-refractivity contribution in [1.82, 2.24) is 15.6 Å². The second-order valence-corrected chi connectivity index (χ2v) is 9.58. The highest BCUT2D eigenvalue weighted by atomic mass is 16.5. The van der Waals surface area contributed by atoms with Crippen LogP contribution >= 0.6 is 0 Å². The first-order valence-electron chi connectivity index (χ1n) is 11.8. The highest BCUT2D eigenvalue weighted by Crippen LogP contribution is 2.38. The van der Waals surface area contributed by atoms with E-state index in [-0.39, 0.29) is 17.9 Å². The molecule has 0 saturated carbocycles. The number of nitrogens with one attached hydrogen (secondary N) is 2. The highest BCUT2D eigenvalue weighted by molar-refractivity contribution is 5.96. The number of aromatic nitrogens is 1. The van der Waals surface area contributed by atoms with Crippen LogP contribution in [0.5, 0.6) is 5.75 Å². The van der Waals surface area contributed by atoms with Crippen molar-refractivity contribution in [3.8, 4) is 5.75 Å². The van der Waals surface area contributed by atoms with Gasteiger partial charge < -0.3 is 20.3 Å². The Kier molecular flexibility index (Phi) is 6.86. The van der Waals surface area contributed by atoms with Crippen LogP contribution in [0.3, 0.4) is 0 Å². The fourth-order valence-electron chi connectivity index (χ4n) is 5.09. The van der Waals surface area contributed by atoms with Crippen LogP contribution in [0, 0.1) is 12.8 Å². The van der Waals surface area contributed by atoms with E-state index in [1.807, 2.05) is 37.3 Å². The smallest absolute Gasteiger partial charge is 0.252 e. The molecule has 2 bridgehead atoms. The number of piperidine rings is 1. The monoisotopic (exact) mass is 450 g/mol. The second kappa shape index (κ2) is 9.81. The van der Waals surface area contributed by atoms with Gasteiger partial charge in [0, 0.05) is 42.0 Å². The minimum atomic E-state index is -0.0834. The molecule has 1 unspecified atom stereocenters. The summed E-state index contributed by atoms with van der Waals surface area (Å²) in [5.41, 5.74) is 2.11. The molecule has 0 spiro atoms. The summed E-state index contributed by atoms with van der Waals surface area (Å²) in [4.78, 5) is 32.2. The lowest BCUT2D eigenvalue weighted by atomic mass is 9.96. The standard InChI is InChI=1S/C26H34N4O3/c1-16(2)14-28-25(31)18-8-11-24(27-15-18)30-20-9-10-21(30)13-19(12-20)29-26(32)22-6-5-7-23(33-4)17(22)3/h5-8,11,15-16,19-21H,9-10,12-14H2,1-4H3,(H,28,31)(H,29,32)/t19?,20-,21+. The highest BCUT2D eigenvalue weighted by Gasteiger charge is 2.41. The summed E-state index contributed by atoms with van der Waals surface area (Å²) in [5.74, 6) is 1.92. The summed E-state index contributed by atoms with van der Waals surface area (Å²) >= 11 is 0. The Morgan fingerprint density at radius 2 is 1.85 bits per heavy atom. The molecule has 0 radical (unpaired) electrons. The van der Waals surface area contributed by atoms with Crippen molar-refractivity contribution in [2.24, 2.45) is 5.92 Å². The van der Waals surface area contributed by atoms with Crippen molar-refractivity contribution >= 4 is 17.6 Å². The number of ether oxygens (including phenoxy) is 1. The van der Waals surface area contributed by atoms with Gasteiger partial charge in [-0.05, 0) is 62.8 Å². The number of benzene rings is 1. The van der Waals surface area contributed by atoms with Gasteiger partial charge in [0.15, 0.2) is 0 Å². The molecule has 7 nitrogen and oxygen atoms in total. The fourth-order valence-corrected chi connectivity index (χ4v) is 5.09. The Morgan fingerprint density at radius 1 is 1.12 bits per heavy atom.